The van der Waals surface area contributed by atoms with Crippen LogP contribution in [0.25, 0.3) is 0 Å². The molecule has 0 aromatic heterocycles. The Morgan fingerprint density at radius 1 is 1.37 bits per heavy atom. The molecular weight excluding hydrogens is 244 g/mol. The third-order valence-corrected chi connectivity index (χ3v) is 3.76. The van der Waals surface area contributed by atoms with Crippen molar-refractivity contribution in [3.8, 4) is 0 Å². The lowest BCUT2D eigenvalue weighted by Crippen LogP contribution is -2.48. The third kappa shape index (κ3) is 3.76. The van der Waals surface area contributed by atoms with E-state index in [-0.39, 0.29) is 17.9 Å². The highest BCUT2D eigenvalue weighted by Crippen LogP contribution is 2.13. The molecular formula is C13H22N4O2. The van der Waals surface area contributed by atoms with E-state index in [4.69, 9.17) is 0 Å². The molecule has 0 spiro atoms. The van der Waals surface area contributed by atoms with Crippen molar-refractivity contribution in [2.75, 3.05) is 13.1 Å². The van der Waals surface area contributed by atoms with Gasteiger partial charge in [0.15, 0.2) is 0 Å². The van der Waals surface area contributed by atoms with E-state index < -0.39 is 0 Å². The SMILES string of the molecule is CC(C)N1CCC(NC(=O)C2=NNC(=O)CC2)CC1. The number of hydrogen-bond acceptors (Lipinski definition) is 4. The predicted molar refractivity (Wildman–Crippen MR) is 72.7 cm³/mol. The Morgan fingerprint density at radius 2 is 2.05 bits per heavy atom. The van der Waals surface area contributed by atoms with Gasteiger partial charge in [0, 0.05) is 38.0 Å². The zero-order valence-corrected chi connectivity index (χ0v) is 11.6. The molecule has 0 saturated carbocycles. The fourth-order valence-corrected chi connectivity index (χ4v) is 2.47. The molecule has 0 aromatic rings. The van der Waals surface area contributed by atoms with Gasteiger partial charge in [-0.05, 0) is 26.7 Å². The standard InChI is InChI=1S/C13H22N4O2/c1-9(2)17-7-5-10(6-8-17)14-13(19)11-3-4-12(18)16-15-11/h9-10H,3-8H2,1-2H3,(H,14,19)(H,16,18). The van der Waals surface area contributed by atoms with Gasteiger partial charge in [-0.25, -0.2) is 5.43 Å². The van der Waals surface area contributed by atoms with Gasteiger partial charge < -0.3 is 10.2 Å². The zero-order chi connectivity index (χ0) is 13.8. The van der Waals surface area contributed by atoms with E-state index in [1.807, 2.05) is 0 Å². The van der Waals surface area contributed by atoms with Gasteiger partial charge in [-0.2, -0.15) is 5.10 Å². The third-order valence-electron chi connectivity index (χ3n) is 3.76. The van der Waals surface area contributed by atoms with Crippen molar-refractivity contribution >= 4 is 17.5 Å². The fourth-order valence-electron chi connectivity index (χ4n) is 2.47. The lowest BCUT2D eigenvalue weighted by Gasteiger charge is -2.34. The molecule has 1 fully saturated rings. The molecule has 106 valence electrons. The number of nitrogens with zero attached hydrogens (tertiary/aromatic N) is 2. The molecule has 0 atom stereocenters. The van der Waals surface area contributed by atoms with Crippen LogP contribution in [-0.4, -0.2) is 47.6 Å². The number of carbonyl (C=O) groups excluding carboxylic acids is 2. The summed E-state index contributed by atoms with van der Waals surface area (Å²) in [5.41, 5.74) is 2.79. The van der Waals surface area contributed by atoms with Crippen molar-refractivity contribution in [1.29, 1.82) is 0 Å². The van der Waals surface area contributed by atoms with Crippen LogP contribution in [0, 0.1) is 0 Å². The highest BCUT2D eigenvalue weighted by molar-refractivity contribution is 6.39. The molecule has 0 unspecified atom stereocenters. The molecule has 0 radical (unpaired) electrons. The van der Waals surface area contributed by atoms with Crippen molar-refractivity contribution < 1.29 is 9.59 Å². The Balaban J connectivity index is 1.79. The minimum atomic E-state index is -0.136. The average molecular weight is 266 g/mol. The van der Waals surface area contributed by atoms with Gasteiger partial charge in [-0.3, -0.25) is 9.59 Å². The van der Waals surface area contributed by atoms with Gasteiger partial charge in [0.1, 0.15) is 5.71 Å². The number of likely N-dealkylation sites (tertiary alicyclic amines) is 1. The summed E-state index contributed by atoms with van der Waals surface area (Å²) >= 11 is 0. The molecule has 2 aliphatic heterocycles. The van der Waals surface area contributed by atoms with Crippen LogP contribution in [-0.2, 0) is 9.59 Å². The zero-order valence-electron chi connectivity index (χ0n) is 11.6. The van der Waals surface area contributed by atoms with E-state index in [0.717, 1.165) is 25.9 Å². The topological polar surface area (TPSA) is 73.8 Å². The number of nitrogens with one attached hydrogen (secondary N) is 2. The smallest absolute Gasteiger partial charge is 0.267 e. The first-order valence-electron chi connectivity index (χ1n) is 6.96. The van der Waals surface area contributed by atoms with E-state index in [0.29, 0.717) is 24.6 Å². The van der Waals surface area contributed by atoms with E-state index in [9.17, 15) is 9.59 Å². The highest BCUT2D eigenvalue weighted by Gasteiger charge is 2.24. The Morgan fingerprint density at radius 3 is 2.58 bits per heavy atom. The van der Waals surface area contributed by atoms with Crippen LogP contribution >= 0.6 is 0 Å². The molecule has 0 bridgehead atoms. The van der Waals surface area contributed by atoms with Crippen molar-refractivity contribution in [2.45, 2.75) is 51.6 Å². The first-order valence-corrected chi connectivity index (χ1v) is 6.96. The Labute approximate surface area is 113 Å². The largest absolute Gasteiger partial charge is 0.348 e. The molecule has 19 heavy (non-hydrogen) atoms. The molecule has 2 amide bonds. The maximum Gasteiger partial charge on any atom is 0.267 e. The van der Waals surface area contributed by atoms with Gasteiger partial charge in [0.25, 0.3) is 5.91 Å². The van der Waals surface area contributed by atoms with Crippen LogP contribution in [0.2, 0.25) is 0 Å². The fraction of sp³-hybridized carbons (Fsp3) is 0.769. The van der Waals surface area contributed by atoms with Gasteiger partial charge in [0.05, 0.1) is 0 Å². The van der Waals surface area contributed by atoms with Crippen molar-refractivity contribution in [2.24, 2.45) is 5.10 Å². The molecule has 6 heteroatoms. The molecule has 2 rings (SSSR count). The Kier molecular flexibility index (Phi) is 4.52. The number of amides is 2. The minimum Gasteiger partial charge on any atom is -0.348 e. The first kappa shape index (κ1) is 14.0. The highest BCUT2D eigenvalue weighted by atomic mass is 16.2. The summed E-state index contributed by atoms with van der Waals surface area (Å²) in [6, 6.07) is 0.789. The number of hydrazone groups is 1. The number of piperidine rings is 1. The quantitative estimate of drug-likeness (QED) is 0.768. The number of carbonyl (C=O) groups is 2. The van der Waals surface area contributed by atoms with Crippen LogP contribution in [0.15, 0.2) is 5.10 Å². The van der Waals surface area contributed by atoms with Crippen LogP contribution in [0.3, 0.4) is 0 Å². The van der Waals surface area contributed by atoms with Crippen molar-refractivity contribution in [1.82, 2.24) is 15.6 Å². The molecule has 1 saturated heterocycles. The van der Waals surface area contributed by atoms with Crippen molar-refractivity contribution in [3.05, 3.63) is 0 Å². The van der Waals surface area contributed by atoms with E-state index in [1.54, 1.807) is 0 Å². The minimum absolute atomic E-state index is 0.123. The van der Waals surface area contributed by atoms with Gasteiger partial charge in [0.2, 0.25) is 5.91 Å². The molecule has 0 aromatic carbocycles. The van der Waals surface area contributed by atoms with Gasteiger partial charge >= 0.3 is 0 Å². The Bertz CT molecular complexity index is 384. The summed E-state index contributed by atoms with van der Waals surface area (Å²) in [6.07, 6.45) is 2.73. The maximum atomic E-state index is 12.0. The molecule has 0 aliphatic carbocycles. The normalized spacial score (nSPS) is 22.1. The average Bonchev–Trinajstić information content (AvgIpc) is 2.40. The summed E-state index contributed by atoms with van der Waals surface area (Å²) in [5.74, 6) is -0.259. The van der Waals surface area contributed by atoms with Gasteiger partial charge in [-0.15, -0.1) is 0 Å². The van der Waals surface area contributed by atoms with E-state index >= 15 is 0 Å². The lowest BCUT2D eigenvalue weighted by molar-refractivity contribution is -0.121. The predicted octanol–water partition coefficient (Wildman–Crippen LogP) is 0.241. The Hall–Kier alpha value is -1.43. The first-order chi connectivity index (χ1) is 9.06. The molecule has 2 aliphatic rings. The van der Waals surface area contributed by atoms with E-state index in [2.05, 4.69) is 34.6 Å². The second kappa shape index (κ2) is 6.14. The summed E-state index contributed by atoms with van der Waals surface area (Å²) in [7, 11) is 0. The summed E-state index contributed by atoms with van der Waals surface area (Å²) in [5, 5.41) is 6.83. The second-order valence-corrected chi connectivity index (χ2v) is 5.47. The van der Waals surface area contributed by atoms with Crippen LogP contribution in [0.4, 0.5) is 0 Å². The molecule has 6 nitrogen and oxygen atoms in total. The summed E-state index contributed by atoms with van der Waals surface area (Å²) in [6.45, 7) is 6.42. The number of rotatable bonds is 3. The summed E-state index contributed by atoms with van der Waals surface area (Å²) in [4.78, 5) is 25.4. The summed E-state index contributed by atoms with van der Waals surface area (Å²) < 4.78 is 0. The molecule has 2 heterocycles. The van der Waals surface area contributed by atoms with Crippen LogP contribution < -0.4 is 10.7 Å². The second-order valence-electron chi connectivity index (χ2n) is 5.47. The lowest BCUT2D eigenvalue weighted by atomic mass is 10.0. The number of hydrogen-bond donors (Lipinski definition) is 2. The van der Waals surface area contributed by atoms with Crippen molar-refractivity contribution in [3.63, 3.8) is 0 Å². The van der Waals surface area contributed by atoms with E-state index in [1.165, 1.54) is 0 Å². The maximum absolute atomic E-state index is 12.0. The van der Waals surface area contributed by atoms with Crippen LogP contribution in [0.1, 0.15) is 39.5 Å². The van der Waals surface area contributed by atoms with Crippen LogP contribution in [0.5, 0.6) is 0 Å². The monoisotopic (exact) mass is 266 g/mol. The molecule has 2 N–H and O–H groups in total. The van der Waals surface area contributed by atoms with Gasteiger partial charge in [-0.1, -0.05) is 0 Å².